The number of nitrogen functional groups attached to an aromatic ring is 1. The van der Waals surface area contributed by atoms with Crippen LogP contribution in [0.2, 0.25) is 0 Å². The Morgan fingerprint density at radius 1 is 1.19 bits per heavy atom. The zero-order valence-electron chi connectivity index (χ0n) is 8.35. The van der Waals surface area contributed by atoms with E-state index >= 15 is 0 Å². The average Bonchev–Trinajstić information content (AvgIpc) is 2.29. The Balaban J connectivity index is 2.20. The van der Waals surface area contributed by atoms with E-state index in [-0.39, 0.29) is 5.82 Å². The highest BCUT2D eigenvalue weighted by Crippen LogP contribution is 2.28. The molecule has 0 radical (unpaired) electrons. The van der Waals surface area contributed by atoms with Gasteiger partial charge in [0.05, 0.1) is 0 Å². The van der Waals surface area contributed by atoms with Crippen LogP contribution in [-0.2, 0) is 0 Å². The van der Waals surface area contributed by atoms with Gasteiger partial charge in [-0.25, -0.2) is 15.2 Å². The first-order valence-electron chi connectivity index (χ1n) is 4.64. The van der Waals surface area contributed by atoms with Crippen molar-refractivity contribution in [2.75, 3.05) is 5.43 Å². The molecular weight excluding hydrogens is 225 g/mol. The summed E-state index contributed by atoms with van der Waals surface area (Å²) in [7, 11) is 0. The minimum atomic E-state index is -0.240. The van der Waals surface area contributed by atoms with E-state index in [1.807, 2.05) is 12.1 Å². The van der Waals surface area contributed by atoms with E-state index in [4.69, 9.17) is 5.84 Å². The highest BCUT2D eigenvalue weighted by molar-refractivity contribution is 7.99. The lowest BCUT2D eigenvalue weighted by molar-refractivity contribution is 0.624. The number of pyridine rings is 1. The van der Waals surface area contributed by atoms with E-state index in [1.165, 1.54) is 23.9 Å². The van der Waals surface area contributed by atoms with Crippen molar-refractivity contribution in [1.82, 2.24) is 4.98 Å². The quantitative estimate of drug-likeness (QED) is 0.634. The van der Waals surface area contributed by atoms with Gasteiger partial charge in [-0.1, -0.05) is 17.8 Å². The van der Waals surface area contributed by atoms with Crippen LogP contribution >= 0.6 is 11.8 Å². The summed E-state index contributed by atoms with van der Waals surface area (Å²) >= 11 is 1.46. The summed E-state index contributed by atoms with van der Waals surface area (Å²) in [4.78, 5) is 5.79. The topological polar surface area (TPSA) is 50.9 Å². The van der Waals surface area contributed by atoms with Crippen molar-refractivity contribution >= 4 is 17.6 Å². The van der Waals surface area contributed by atoms with Gasteiger partial charge in [-0.15, -0.1) is 0 Å². The number of hydrazine groups is 1. The molecule has 16 heavy (non-hydrogen) atoms. The number of rotatable bonds is 3. The van der Waals surface area contributed by atoms with Gasteiger partial charge in [0, 0.05) is 16.0 Å². The second-order valence-corrected chi connectivity index (χ2v) is 4.23. The Kier molecular flexibility index (Phi) is 3.38. The number of hydrogen-bond donors (Lipinski definition) is 2. The van der Waals surface area contributed by atoms with E-state index in [9.17, 15) is 4.39 Å². The smallest absolute Gasteiger partial charge is 0.140 e. The fourth-order valence-electron chi connectivity index (χ4n) is 1.22. The first-order valence-corrected chi connectivity index (χ1v) is 5.45. The molecule has 0 atom stereocenters. The molecule has 1 heterocycles. The molecule has 3 N–H and O–H groups in total. The zero-order valence-corrected chi connectivity index (χ0v) is 9.17. The third-order valence-corrected chi connectivity index (χ3v) is 2.89. The van der Waals surface area contributed by atoms with Gasteiger partial charge in [-0.05, 0) is 30.3 Å². The lowest BCUT2D eigenvalue weighted by atomic mass is 10.3. The summed E-state index contributed by atoms with van der Waals surface area (Å²) in [6, 6.07) is 10.1. The summed E-state index contributed by atoms with van der Waals surface area (Å²) < 4.78 is 13.0. The molecule has 0 aliphatic heterocycles. The molecule has 3 nitrogen and oxygen atoms in total. The Hall–Kier alpha value is -1.59. The Morgan fingerprint density at radius 3 is 2.75 bits per heavy atom. The molecule has 82 valence electrons. The van der Waals surface area contributed by atoms with E-state index < -0.39 is 0 Å². The van der Waals surface area contributed by atoms with Crippen LogP contribution in [0.25, 0.3) is 0 Å². The van der Waals surface area contributed by atoms with E-state index in [0.29, 0.717) is 5.82 Å². The van der Waals surface area contributed by atoms with Crippen LogP contribution in [0.1, 0.15) is 0 Å². The minimum Gasteiger partial charge on any atom is -0.308 e. The molecular formula is C11H10FN3S. The average molecular weight is 235 g/mol. The van der Waals surface area contributed by atoms with E-state index in [1.54, 1.807) is 18.3 Å². The fraction of sp³-hybridized carbons (Fsp3) is 0. The Labute approximate surface area is 96.9 Å². The number of hydrogen-bond acceptors (Lipinski definition) is 4. The number of benzene rings is 1. The van der Waals surface area contributed by atoms with Crippen molar-refractivity contribution in [1.29, 1.82) is 0 Å². The van der Waals surface area contributed by atoms with Gasteiger partial charge in [-0.3, -0.25) is 0 Å². The maximum absolute atomic E-state index is 13.0. The largest absolute Gasteiger partial charge is 0.308 e. The highest BCUT2D eigenvalue weighted by atomic mass is 32.2. The molecule has 0 aliphatic rings. The Morgan fingerprint density at radius 2 is 2.00 bits per heavy atom. The van der Waals surface area contributed by atoms with Crippen LogP contribution in [0.5, 0.6) is 0 Å². The first kappa shape index (κ1) is 10.9. The molecule has 2 rings (SSSR count). The second kappa shape index (κ2) is 4.96. The van der Waals surface area contributed by atoms with Gasteiger partial charge in [-0.2, -0.15) is 0 Å². The number of aromatic nitrogens is 1. The second-order valence-electron chi connectivity index (χ2n) is 3.08. The summed E-state index contributed by atoms with van der Waals surface area (Å²) in [6.45, 7) is 0. The van der Waals surface area contributed by atoms with Crippen LogP contribution in [-0.4, -0.2) is 4.98 Å². The predicted molar refractivity (Wildman–Crippen MR) is 62.6 cm³/mol. The Bertz CT molecular complexity index is 490. The van der Waals surface area contributed by atoms with Crippen molar-refractivity contribution < 1.29 is 4.39 Å². The number of nitrogens with one attached hydrogen (secondary N) is 1. The van der Waals surface area contributed by atoms with Gasteiger partial charge in [0.2, 0.25) is 0 Å². The zero-order chi connectivity index (χ0) is 11.4. The molecule has 0 bridgehead atoms. The van der Waals surface area contributed by atoms with Crippen LogP contribution < -0.4 is 11.3 Å². The molecule has 0 unspecified atom stereocenters. The van der Waals surface area contributed by atoms with Crippen molar-refractivity contribution in [2.24, 2.45) is 5.84 Å². The summed E-state index contributed by atoms with van der Waals surface area (Å²) in [5.41, 5.74) is 2.47. The van der Waals surface area contributed by atoms with Gasteiger partial charge < -0.3 is 5.43 Å². The normalized spacial score (nSPS) is 10.1. The van der Waals surface area contributed by atoms with Gasteiger partial charge in [0.25, 0.3) is 0 Å². The van der Waals surface area contributed by atoms with Crippen LogP contribution in [0.15, 0.2) is 52.4 Å². The molecule has 1 aromatic carbocycles. The lowest BCUT2D eigenvalue weighted by Crippen LogP contribution is -2.07. The van der Waals surface area contributed by atoms with Crippen molar-refractivity contribution in [3.8, 4) is 0 Å². The molecule has 0 aliphatic carbocycles. The summed E-state index contributed by atoms with van der Waals surface area (Å²) in [5, 5.41) is 0. The summed E-state index contributed by atoms with van der Waals surface area (Å²) in [5.74, 6) is 5.60. The number of nitrogens with zero attached hydrogens (tertiary/aromatic N) is 1. The predicted octanol–water partition coefficient (Wildman–Crippen LogP) is 2.66. The van der Waals surface area contributed by atoms with Crippen molar-refractivity contribution in [3.05, 3.63) is 48.4 Å². The maximum atomic E-state index is 13.0. The molecule has 0 saturated carbocycles. The summed E-state index contributed by atoms with van der Waals surface area (Å²) in [6.07, 6.45) is 1.65. The third-order valence-electron chi connectivity index (χ3n) is 1.91. The first-order chi connectivity index (χ1) is 7.78. The molecule has 0 fully saturated rings. The molecule has 0 spiro atoms. The van der Waals surface area contributed by atoms with Gasteiger partial charge in [0.1, 0.15) is 11.6 Å². The minimum absolute atomic E-state index is 0.240. The van der Waals surface area contributed by atoms with Gasteiger partial charge in [0.15, 0.2) is 0 Å². The monoisotopic (exact) mass is 235 g/mol. The molecule has 1 aromatic heterocycles. The molecule has 2 aromatic rings. The highest BCUT2D eigenvalue weighted by Gasteiger charge is 2.00. The van der Waals surface area contributed by atoms with Crippen LogP contribution in [0, 0.1) is 5.82 Å². The number of halogens is 1. The van der Waals surface area contributed by atoms with Crippen LogP contribution in [0.3, 0.4) is 0 Å². The maximum Gasteiger partial charge on any atom is 0.140 e. The third kappa shape index (κ3) is 2.71. The van der Waals surface area contributed by atoms with Gasteiger partial charge >= 0.3 is 0 Å². The molecule has 0 amide bonds. The van der Waals surface area contributed by atoms with E-state index in [2.05, 4.69) is 10.4 Å². The molecule has 0 saturated heterocycles. The number of nitrogens with two attached hydrogens (primary N) is 1. The fourth-order valence-corrected chi connectivity index (χ4v) is 2.11. The standard InChI is InChI=1S/C11H10FN3S/c12-8-2-1-3-9(6-8)16-10-4-5-14-11(7-10)15-13/h1-7H,13H2,(H,14,15). The van der Waals surface area contributed by atoms with E-state index in [0.717, 1.165) is 9.79 Å². The van der Waals surface area contributed by atoms with Crippen molar-refractivity contribution in [2.45, 2.75) is 9.79 Å². The SMILES string of the molecule is NNc1cc(Sc2cccc(F)c2)ccn1. The lowest BCUT2D eigenvalue weighted by Gasteiger charge is -2.03. The number of anilines is 1. The van der Waals surface area contributed by atoms with Crippen molar-refractivity contribution in [3.63, 3.8) is 0 Å². The molecule has 5 heteroatoms. The van der Waals surface area contributed by atoms with Crippen LogP contribution in [0.4, 0.5) is 10.2 Å².